The van der Waals surface area contributed by atoms with Gasteiger partial charge in [-0.3, -0.25) is 4.99 Å². The molecule has 138 valence electrons. The fourth-order valence-corrected chi connectivity index (χ4v) is 3.66. The highest BCUT2D eigenvalue weighted by Crippen LogP contribution is 2.33. The topological polar surface area (TPSA) is 67.1 Å². The van der Waals surface area contributed by atoms with Crippen LogP contribution in [0.3, 0.4) is 0 Å². The molecule has 0 aliphatic heterocycles. The molecule has 0 saturated heterocycles. The summed E-state index contributed by atoms with van der Waals surface area (Å²) >= 11 is 1.70. The van der Waals surface area contributed by atoms with Crippen molar-refractivity contribution in [2.75, 3.05) is 25.9 Å². The van der Waals surface area contributed by atoms with E-state index in [1.807, 2.05) is 0 Å². The van der Waals surface area contributed by atoms with Gasteiger partial charge in [-0.2, -0.15) is 0 Å². The van der Waals surface area contributed by atoms with Gasteiger partial charge in [-0.05, 0) is 39.4 Å². The Kier molecular flexibility index (Phi) is 10.7. The van der Waals surface area contributed by atoms with Crippen LogP contribution in [0.5, 0.6) is 0 Å². The summed E-state index contributed by atoms with van der Waals surface area (Å²) in [6.07, 6.45) is 9.22. The van der Waals surface area contributed by atoms with Crippen LogP contribution in [0.1, 0.15) is 57.8 Å². The molecule has 2 rings (SSSR count). The van der Waals surface area contributed by atoms with E-state index < -0.39 is 0 Å². The minimum Gasteiger partial charge on any atom is -0.357 e. The molecule has 8 heteroatoms. The first kappa shape index (κ1) is 21.5. The largest absolute Gasteiger partial charge is 0.357 e. The maximum absolute atomic E-state index is 4.60. The van der Waals surface area contributed by atoms with Gasteiger partial charge in [-0.25, -0.2) is 0 Å². The van der Waals surface area contributed by atoms with Crippen LogP contribution in [0.25, 0.3) is 0 Å². The second kappa shape index (κ2) is 11.9. The zero-order valence-corrected chi connectivity index (χ0v) is 18.2. The predicted molar refractivity (Wildman–Crippen MR) is 113 cm³/mol. The molecule has 2 N–H and O–H groups in total. The maximum Gasteiger partial charge on any atom is 0.191 e. The van der Waals surface area contributed by atoms with E-state index >= 15 is 0 Å². The van der Waals surface area contributed by atoms with E-state index in [1.165, 1.54) is 25.7 Å². The summed E-state index contributed by atoms with van der Waals surface area (Å²) in [7, 11) is 0. The third kappa shape index (κ3) is 6.09. The van der Waals surface area contributed by atoms with Crippen LogP contribution in [0.4, 0.5) is 0 Å². The van der Waals surface area contributed by atoms with Crippen LogP contribution in [-0.4, -0.2) is 46.6 Å². The molecule has 0 radical (unpaired) electrons. The molecule has 0 amide bonds. The number of nitrogens with zero attached hydrogens (tertiary/aromatic N) is 4. The van der Waals surface area contributed by atoms with Gasteiger partial charge < -0.3 is 15.2 Å². The van der Waals surface area contributed by atoms with Gasteiger partial charge in [0, 0.05) is 32.1 Å². The zero-order chi connectivity index (χ0) is 16.5. The highest BCUT2D eigenvalue weighted by molar-refractivity contribution is 14.0. The van der Waals surface area contributed by atoms with Gasteiger partial charge in [0.1, 0.15) is 5.82 Å². The molecule has 1 aliphatic carbocycles. The van der Waals surface area contributed by atoms with E-state index in [2.05, 4.69) is 50.5 Å². The highest BCUT2D eigenvalue weighted by atomic mass is 127. The number of hydrogen-bond donors (Lipinski definition) is 2. The lowest BCUT2D eigenvalue weighted by atomic mass is 10.2. The number of hydrogen-bond acceptors (Lipinski definition) is 4. The highest BCUT2D eigenvalue weighted by Gasteiger charge is 2.23. The molecule has 1 aliphatic rings. The lowest BCUT2D eigenvalue weighted by Crippen LogP contribution is -2.37. The standard InChI is InChI=1S/C16H30N6S.HI/c1-4-17-15(18-5-2)19-12-8-11-14-20-21-16(23-3)22(14)13-9-6-7-10-13;/h13H,4-12H2,1-3H3,(H2,17,18,19);1H. The van der Waals surface area contributed by atoms with Crippen molar-refractivity contribution in [3.63, 3.8) is 0 Å². The number of aryl methyl sites for hydroxylation is 1. The molecule has 1 saturated carbocycles. The normalized spacial score (nSPS) is 14.3. The van der Waals surface area contributed by atoms with Crippen molar-refractivity contribution in [3.8, 4) is 0 Å². The van der Waals surface area contributed by atoms with Crippen LogP contribution in [0.15, 0.2) is 10.1 Å². The number of thioether (sulfide) groups is 1. The number of halogens is 1. The Labute approximate surface area is 167 Å². The van der Waals surface area contributed by atoms with E-state index in [0.29, 0.717) is 6.04 Å². The molecule has 0 unspecified atom stereocenters. The van der Waals surface area contributed by atoms with Gasteiger partial charge in [0.15, 0.2) is 11.1 Å². The zero-order valence-electron chi connectivity index (χ0n) is 15.0. The predicted octanol–water partition coefficient (Wildman–Crippen LogP) is 3.24. The molecule has 1 aromatic heterocycles. The fourth-order valence-electron chi connectivity index (χ4n) is 3.08. The van der Waals surface area contributed by atoms with Gasteiger partial charge in [0.25, 0.3) is 0 Å². The van der Waals surface area contributed by atoms with Gasteiger partial charge in [0.05, 0.1) is 0 Å². The molecule has 1 aromatic rings. The summed E-state index contributed by atoms with van der Waals surface area (Å²) in [5.41, 5.74) is 0. The van der Waals surface area contributed by atoms with Gasteiger partial charge in [-0.15, -0.1) is 34.2 Å². The first-order valence-electron chi connectivity index (χ1n) is 8.80. The minimum atomic E-state index is 0. The van der Waals surface area contributed by atoms with Crippen molar-refractivity contribution < 1.29 is 0 Å². The van der Waals surface area contributed by atoms with Crippen molar-refractivity contribution >= 4 is 41.7 Å². The first-order valence-corrected chi connectivity index (χ1v) is 10.0. The van der Waals surface area contributed by atoms with E-state index in [9.17, 15) is 0 Å². The number of nitrogens with one attached hydrogen (secondary N) is 2. The molecule has 1 fully saturated rings. The maximum atomic E-state index is 4.60. The number of aliphatic imine (C=N–C) groups is 1. The average Bonchev–Trinajstić information content (AvgIpc) is 3.20. The summed E-state index contributed by atoms with van der Waals surface area (Å²) in [6.45, 7) is 6.75. The third-order valence-electron chi connectivity index (χ3n) is 4.12. The smallest absolute Gasteiger partial charge is 0.191 e. The SMILES string of the molecule is CCNC(=NCCCc1nnc(SC)n1C1CCCC1)NCC.I. The van der Waals surface area contributed by atoms with E-state index in [-0.39, 0.29) is 24.0 Å². The second-order valence-electron chi connectivity index (χ2n) is 5.81. The summed E-state index contributed by atoms with van der Waals surface area (Å²) in [5.74, 6) is 2.03. The lowest BCUT2D eigenvalue weighted by molar-refractivity contribution is 0.461. The Morgan fingerprint density at radius 1 is 1.21 bits per heavy atom. The van der Waals surface area contributed by atoms with Crippen LogP contribution >= 0.6 is 35.7 Å². The van der Waals surface area contributed by atoms with E-state index in [4.69, 9.17) is 0 Å². The van der Waals surface area contributed by atoms with Gasteiger partial charge >= 0.3 is 0 Å². The summed E-state index contributed by atoms with van der Waals surface area (Å²) < 4.78 is 2.39. The van der Waals surface area contributed by atoms with Crippen LogP contribution in [0.2, 0.25) is 0 Å². The summed E-state index contributed by atoms with van der Waals surface area (Å²) in [5, 5.41) is 16.4. The average molecular weight is 466 g/mol. The molecule has 0 atom stereocenters. The Balaban J connectivity index is 0.00000288. The van der Waals surface area contributed by atoms with Crippen LogP contribution in [0, 0.1) is 0 Å². The summed E-state index contributed by atoms with van der Waals surface area (Å²) in [4.78, 5) is 4.60. The molecular weight excluding hydrogens is 435 g/mol. The van der Waals surface area contributed by atoms with E-state index in [1.54, 1.807) is 11.8 Å². The second-order valence-corrected chi connectivity index (χ2v) is 6.58. The molecule has 0 aromatic carbocycles. The Morgan fingerprint density at radius 3 is 2.46 bits per heavy atom. The molecule has 24 heavy (non-hydrogen) atoms. The van der Waals surface area contributed by atoms with Crippen LogP contribution in [-0.2, 0) is 6.42 Å². The van der Waals surface area contributed by atoms with Crippen LogP contribution < -0.4 is 10.6 Å². The van der Waals surface area contributed by atoms with E-state index in [0.717, 1.165) is 49.4 Å². The van der Waals surface area contributed by atoms with Crippen molar-refractivity contribution in [2.45, 2.75) is 63.6 Å². The lowest BCUT2D eigenvalue weighted by Gasteiger charge is -2.16. The molecule has 0 bridgehead atoms. The Morgan fingerprint density at radius 2 is 1.88 bits per heavy atom. The number of aromatic nitrogens is 3. The molecule has 0 spiro atoms. The van der Waals surface area contributed by atoms with Crippen molar-refractivity contribution in [2.24, 2.45) is 4.99 Å². The molecule has 1 heterocycles. The Bertz CT molecular complexity index is 491. The van der Waals surface area contributed by atoms with Crippen molar-refractivity contribution in [1.29, 1.82) is 0 Å². The fraction of sp³-hybridized carbons (Fsp3) is 0.812. The minimum absolute atomic E-state index is 0. The van der Waals surface area contributed by atoms with Gasteiger partial charge in [-0.1, -0.05) is 24.6 Å². The third-order valence-corrected chi connectivity index (χ3v) is 4.77. The number of rotatable bonds is 8. The van der Waals surface area contributed by atoms with Gasteiger partial charge in [0.2, 0.25) is 0 Å². The quantitative estimate of drug-likeness (QED) is 0.203. The summed E-state index contributed by atoms with van der Waals surface area (Å²) in [6, 6.07) is 0.602. The molecular formula is C16H31IN6S. The molecule has 6 nitrogen and oxygen atoms in total. The van der Waals surface area contributed by atoms with Crippen molar-refractivity contribution in [1.82, 2.24) is 25.4 Å². The number of guanidine groups is 1. The monoisotopic (exact) mass is 466 g/mol. The Hall–Kier alpha value is -0.510. The first-order chi connectivity index (χ1) is 11.3. The van der Waals surface area contributed by atoms with Crippen molar-refractivity contribution in [3.05, 3.63) is 5.82 Å².